The van der Waals surface area contributed by atoms with Gasteiger partial charge in [0, 0.05) is 13.1 Å². The van der Waals surface area contributed by atoms with Crippen molar-refractivity contribution in [3.8, 4) is 5.75 Å². The minimum Gasteiger partial charge on any atom is -0.495 e. The highest BCUT2D eigenvalue weighted by Crippen LogP contribution is 2.31. The summed E-state index contributed by atoms with van der Waals surface area (Å²) in [5.74, 6) is -0.389. The molecule has 0 unspecified atom stereocenters. The van der Waals surface area contributed by atoms with Crippen molar-refractivity contribution in [2.45, 2.75) is 16.7 Å². The van der Waals surface area contributed by atoms with Crippen molar-refractivity contribution >= 4 is 48.9 Å². The molecule has 0 saturated carbocycles. The highest BCUT2D eigenvalue weighted by molar-refractivity contribution is 7.92. The second kappa shape index (κ2) is 11.3. The molecule has 13 heteroatoms. The van der Waals surface area contributed by atoms with Gasteiger partial charge in [-0.25, -0.2) is 16.8 Å². The van der Waals surface area contributed by atoms with Crippen molar-refractivity contribution in [3.05, 3.63) is 76.8 Å². The zero-order valence-electron chi connectivity index (χ0n) is 20.6. The fourth-order valence-corrected chi connectivity index (χ4v) is 6.52. The number of sulfonamides is 2. The topological polar surface area (TPSA) is 131 Å². The van der Waals surface area contributed by atoms with E-state index < -0.39 is 26.0 Å². The van der Waals surface area contributed by atoms with Gasteiger partial charge in [0.15, 0.2) is 0 Å². The normalized spacial score (nSPS) is 14.6. The molecule has 0 aromatic heterocycles. The third-order valence-electron chi connectivity index (χ3n) is 5.82. The van der Waals surface area contributed by atoms with Crippen molar-refractivity contribution in [3.63, 3.8) is 0 Å². The summed E-state index contributed by atoms with van der Waals surface area (Å²) in [6.45, 7) is 2.91. The van der Waals surface area contributed by atoms with Crippen LogP contribution >= 0.6 is 11.6 Å². The minimum absolute atomic E-state index is 0.0114. The van der Waals surface area contributed by atoms with Gasteiger partial charge in [-0.05, 0) is 55.5 Å². The Morgan fingerprint density at radius 1 is 0.947 bits per heavy atom. The number of carbonyl (C=O) groups excluding carboxylic acids is 1. The lowest BCUT2D eigenvalue weighted by atomic mass is 10.2. The van der Waals surface area contributed by atoms with Gasteiger partial charge in [0.1, 0.15) is 5.75 Å². The van der Waals surface area contributed by atoms with Gasteiger partial charge in [0.2, 0.25) is 10.0 Å². The smallest absolute Gasteiger partial charge is 0.261 e. The molecule has 0 atom stereocenters. The van der Waals surface area contributed by atoms with Gasteiger partial charge in [-0.15, -0.1) is 0 Å². The molecule has 1 saturated heterocycles. The summed E-state index contributed by atoms with van der Waals surface area (Å²) in [7, 11) is -6.28. The molecule has 10 nitrogen and oxygen atoms in total. The van der Waals surface area contributed by atoms with Crippen LogP contribution in [-0.2, 0) is 24.8 Å². The van der Waals surface area contributed by atoms with Gasteiger partial charge in [-0.2, -0.15) is 4.31 Å². The molecule has 202 valence electrons. The standard InChI is InChI=1S/C25H26ClN3O7S2/c1-17-3-6-19(7-4-17)37(31,32)28-18-5-9-21(22(26)15-18)25(30)27-23-16-20(8-10-24(23)35-2)38(33,34)29-11-13-36-14-12-29/h3-10,15-16,28H,11-14H2,1-2H3,(H,27,30). The fraction of sp³-hybridized carbons (Fsp3) is 0.240. The second-order valence-corrected chi connectivity index (χ2v) is 12.5. The Morgan fingerprint density at radius 2 is 1.61 bits per heavy atom. The lowest BCUT2D eigenvalue weighted by Gasteiger charge is -2.26. The molecule has 0 radical (unpaired) electrons. The lowest BCUT2D eigenvalue weighted by Crippen LogP contribution is -2.40. The highest BCUT2D eigenvalue weighted by Gasteiger charge is 2.27. The molecule has 4 rings (SSSR count). The molecule has 2 N–H and O–H groups in total. The number of rotatable bonds is 8. The van der Waals surface area contributed by atoms with Gasteiger partial charge >= 0.3 is 0 Å². The number of carbonyl (C=O) groups is 1. The fourth-order valence-electron chi connectivity index (χ4n) is 3.77. The molecular formula is C25H26ClN3O7S2. The largest absolute Gasteiger partial charge is 0.495 e. The monoisotopic (exact) mass is 579 g/mol. The molecule has 0 aliphatic carbocycles. The Balaban J connectivity index is 1.55. The zero-order valence-corrected chi connectivity index (χ0v) is 23.0. The molecule has 3 aromatic carbocycles. The number of halogens is 1. The van der Waals surface area contributed by atoms with Gasteiger partial charge in [-0.1, -0.05) is 29.3 Å². The molecule has 1 heterocycles. The maximum Gasteiger partial charge on any atom is 0.261 e. The quantitative estimate of drug-likeness (QED) is 0.416. The number of morpholine rings is 1. The summed E-state index contributed by atoms with van der Waals surface area (Å²) in [5.41, 5.74) is 1.27. The van der Waals surface area contributed by atoms with Crippen LogP contribution in [0.4, 0.5) is 11.4 Å². The van der Waals surface area contributed by atoms with Crippen LogP contribution in [0.5, 0.6) is 5.75 Å². The van der Waals surface area contributed by atoms with Crippen LogP contribution in [0.2, 0.25) is 5.02 Å². The summed E-state index contributed by atoms with van der Waals surface area (Å²) in [4.78, 5) is 13.1. The number of hydrogen-bond acceptors (Lipinski definition) is 7. The number of hydrogen-bond donors (Lipinski definition) is 2. The van der Waals surface area contributed by atoms with Crippen molar-refractivity contribution in [2.75, 3.05) is 43.5 Å². The molecule has 1 fully saturated rings. The SMILES string of the molecule is COc1ccc(S(=O)(=O)N2CCOCC2)cc1NC(=O)c1ccc(NS(=O)(=O)c2ccc(C)cc2)cc1Cl. The van der Waals surface area contributed by atoms with Crippen molar-refractivity contribution in [1.82, 2.24) is 4.31 Å². The summed E-state index contributed by atoms with van der Waals surface area (Å²) >= 11 is 6.32. The van der Waals surface area contributed by atoms with Crippen LogP contribution in [0.25, 0.3) is 0 Å². The summed E-state index contributed by atoms with van der Waals surface area (Å²) < 4.78 is 65.8. The lowest BCUT2D eigenvalue weighted by molar-refractivity contribution is 0.0730. The van der Waals surface area contributed by atoms with Crippen molar-refractivity contribution in [1.29, 1.82) is 0 Å². The van der Waals surface area contributed by atoms with Crippen LogP contribution in [0.1, 0.15) is 15.9 Å². The number of nitrogens with zero attached hydrogens (tertiary/aromatic N) is 1. The number of benzene rings is 3. The molecular weight excluding hydrogens is 554 g/mol. The van der Waals surface area contributed by atoms with E-state index in [9.17, 15) is 21.6 Å². The summed E-state index contributed by atoms with van der Waals surface area (Å²) in [6, 6.07) is 14.6. The Morgan fingerprint density at radius 3 is 2.24 bits per heavy atom. The van der Waals surface area contributed by atoms with Crippen LogP contribution in [-0.4, -0.2) is 60.5 Å². The van der Waals surface area contributed by atoms with E-state index in [0.29, 0.717) is 13.2 Å². The number of nitrogens with one attached hydrogen (secondary N) is 2. The van der Waals surface area contributed by atoms with Gasteiger partial charge < -0.3 is 14.8 Å². The van der Waals surface area contributed by atoms with E-state index >= 15 is 0 Å². The van der Waals surface area contributed by atoms with Crippen LogP contribution < -0.4 is 14.8 Å². The Kier molecular flexibility index (Phi) is 8.28. The first-order valence-electron chi connectivity index (χ1n) is 11.5. The maximum absolute atomic E-state index is 13.1. The van der Waals surface area contributed by atoms with E-state index in [1.54, 1.807) is 12.1 Å². The van der Waals surface area contributed by atoms with Crippen LogP contribution in [0.3, 0.4) is 0 Å². The summed E-state index contributed by atoms with van der Waals surface area (Å²) in [5, 5.41) is 2.63. The number of anilines is 2. The average molecular weight is 580 g/mol. The van der Waals surface area contributed by atoms with E-state index in [1.807, 2.05) is 6.92 Å². The van der Waals surface area contributed by atoms with Crippen LogP contribution in [0, 0.1) is 6.92 Å². The first-order valence-corrected chi connectivity index (χ1v) is 14.8. The molecule has 0 spiro atoms. The van der Waals surface area contributed by atoms with E-state index in [-0.39, 0.29) is 50.6 Å². The Labute approximate surface area is 226 Å². The summed E-state index contributed by atoms with van der Waals surface area (Å²) in [6.07, 6.45) is 0. The van der Waals surface area contributed by atoms with E-state index in [0.717, 1.165) is 5.56 Å². The molecule has 1 amide bonds. The first-order chi connectivity index (χ1) is 18.0. The highest BCUT2D eigenvalue weighted by atomic mass is 35.5. The average Bonchev–Trinajstić information content (AvgIpc) is 2.89. The third-order valence-corrected chi connectivity index (χ3v) is 9.43. The Bertz CT molecular complexity index is 1550. The van der Waals surface area contributed by atoms with Crippen LogP contribution in [0.15, 0.2) is 70.5 Å². The molecule has 1 aliphatic heterocycles. The maximum atomic E-state index is 13.1. The molecule has 0 bridgehead atoms. The van der Waals surface area contributed by atoms with Gasteiger partial charge in [0.05, 0.1) is 52.1 Å². The van der Waals surface area contributed by atoms with Crippen molar-refractivity contribution in [2.24, 2.45) is 0 Å². The third kappa shape index (κ3) is 6.11. The predicted molar refractivity (Wildman–Crippen MR) is 144 cm³/mol. The predicted octanol–water partition coefficient (Wildman–Crippen LogP) is 3.73. The number of ether oxygens (including phenoxy) is 2. The number of aryl methyl sites for hydroxylation is 1. The number of amides is 1. The number of methoxy groups -OCH3 is 1. The van der Waals surface area contributed by atoms with E-state index in [4.69, 9.17) is 21.1 Å². The molecule has 1 aliphatic rings. The zero-order chi connectivity index (χ0) is 27.5. The molecule has 38 heavy (non-hydrogen) atoms. The van der Waals surface area contributed by atoms with Crippen molar-refractivity contribution < 1.29 is 31.1 Å². The van der Waals surface area contributed by atoms with E-state index in [2.05, 4.69) is 10.0 Å². The van der Waals surface area contributed by atoms with Gasteiger partial charge in [0.25, 0.3) is 15.9 Å². The Hall–Kier alpha value is -3.16. The van der Waals surface area contributed by atoms with Gasteiger partial charge in [-0.3, -0.25) is 9.52 Å². The minimum atomic E-state index is -3.86. The second-order valence-electron chi connectivity index (χ2n) is 8.45. The molecule has 3 aromatic rings. The first kappa shape index (κ1) is 27.9. The van der Waals surface area contributed by atoms with E-state index in [1.165, 1.54) is 59.9 Å².